The summed E-state index contributed by atoms with van der Waals surface area (Å²) in [5, 5.41) is 2.88. The van der Waals surface area contributed by atoms with E-state index in [4.69, 9.17) is 9.73 Å². The zero-order chi connectivity index (χ0) is 27.2. The number of aromatic nitrogens is 1. The molecule has 0 radical (unpaired) electrons. The number of carbonyl (C=O) groups is 3. The van der Waals surface area contributed by atoms with Gasteiger partial charge in [-0.2, -0.15) is 0 Å². The van der Waals surface area contributed by atoms with E-state index in [0.717, 1.165) is 29.8 Å². The number of nitrogens with one attached hydrogen (secondary N) is 1. The van der Waals surface area contributed by atoms with Crippen molar-refractivity contribution < 1.29 is 19.1 Å². The topological polar surface area (TPSA) is 104 Å². The molecule has 2 amide bonds. The Kier molecular flexibility index (Phi) is 8.28. The van der Waals surface area contributed by atoms with Crippen molar-refractivity contribution in [2.75, 3.05) is 44.5 Å². The number of amides is 2. The second-order valence-electron chi connectivity index (χ2n) is 9.29. The molecule has 0 spiro atoms. The molecule has 0 bridgehead atoms. The lowest BCUT2D eigenvalue weighted by Gasteiger charge is -2.22. The van der Waals surface area contributed by atoms with Crippen LogP contribution < -0.4 is 10.2 Å². The average Bonchev–Trinajstić information content (AvgIpc) is 3.24. The largest absolute Gasteiger partial charge is 0.465 e. The number of pyridine rings is 1. The molecule has 2 aromatic carbocycles. The van der Waals surface area contributed by atoms with Gasteiger partial charge in [-0.3, -0.25) is 19.6 Å². The molecule has 9 nitrogen and oxygen atoms in total. The first-order chi connectivity index (χ1) is 18.3. The Bertz CT molecular complexity index is 1350. The monoisotopic (exact) mass is 513 g/mol. The van der Waals surface area contributed by atoms with Crippen LogP contribution in [0.5, 0.6) is 0 Å². The molecule has 0 saturated heterocycles. The number of carbonyl (C=O) groups excluding carboxylic acids is 3. The van der Waals surface area contributed by atoms with Gasteiger partial charge in [-0.05, 0) is 81.2 Å². The fraction of sp³-hybridized carbons (Fsp3) is 0.276. The van der Waals surface area contributed by atoms with Gasteiger partial charge in [-0.1, -0.05) is 6.07 Å². The summed E-state index contributed by atoms with van der Waals surface area (Å²) < 4.78 is 4.81. The number of hydrogen-bond acceptors (Lipinski definition) is 7. The van der Waals surface area contributed by atoms with Crippen molar-refractivity contribution in [1.82, 2.24) is 9.88 Å². The molecule has 4 rings (SSSR count). The lowest BCUT2D eigenvalue weighted by molar-refractivity contribution is -0.117. The molecule has 38 heavy (non-hydrogen) atoms. The van der Waals surface area contributed by atoms with Crippen LogP contribution in [-0.2, 0) is 14.3 Å². The molecule has 1 aromatic heterocycles. The summed E-state index contributed by atoms with van der Waals surface area (Å²) in [5.41, 5.74) is 4.36. The fourth-order valence-electron chi connectivity index (χ4n) is 4.46. The number of rotatable bonds is 9. The van der Waals surface area contributed by atoms with Gasteiger partial charge in [-0.15, -0.1) is 0 Å². The zero-order valence-electron chi connectivity index (χ0n) is 22.0. The molecule has 3 aromatic rings. The normalized spacial score (nSPS) is 14.7. The lowest BCUT2D eigenvalue weighted by Crippen LogP contribution is -2.31. The second-order valence-corrected chi connectivity index (χ2v) is 9.29. The molecular weight excluding hydrogens is 482 g/mol. The first-order valence-electron chi connectivity index (χ1n) is 12.3. The van der Waals surface area contributed by atoms with Gasteiger partial charge < -0.3 is 19.9 Å². The highest BCUT2D eigenvalue weighted by atomic mass is 16.5. The van der Waals surface area contributed by atoms with Crippen LogP contribution in [0, 0.1) is 0 Å². The Morgan fingerprint density at radius 1 is 1.00 bits per heavy atom. The minimum absolute atomic E-state index is 0.0250. The predicted octanol–water partition coefficient (Wildman–Crippen LogP) is 4.03. The molecule has 196 valence electrons. The van der Waals surface area contributed by atoms with Crippen molar-refractivity contribution in [2.45, 2.75) is 19.3 Å². The van der Waals surface area contributed by atoms with Crippen molar-refractivity contribution in [1.29, 1.82) is 0 Å². The van der Waals surface area contributed by atoms with E-state index in [1.807, 2.05) is 50.5 Å². The van der Waals surface area contributed by atoms with Crippen molar-refractivity contribution >= 4 is 40.6 Å². The highest BCUT2D eigenvalue weighted by Crippen LogP contribution is 2.37. The maximum absolute atomic E-state index is 13.2. The molecule has 0 fully saturated rings. The SMILES string of the molecule is COC(=O)c1ccc2c(c1)NC(=O)C2C(=Nc1ccc(N(CCCN(C)C)C(C)=O)cc1)c1ccncc1. The van der Waals surface area contributed by atoms with Gasteiger partial charge in [0.15, 0.2) is 0 Å². The van der Waals surface area contributed by atoms with Gasteiger partial charge in [0.1, 0.15) is 5.92 Å². The molecule has 2 heterocycles. The van der Waals surface area contributed by atoms with Crippen molar-refractivity contribution in [3.05, 3.63) is 83.7 Å². The third-order valence-electron chi connectivity index (χ3n) is 6.33. The van der Waals surface area contributed by atoms with E-state index in [1.165, 1.54) is 7.11 Å². The van der Waals surface area contributed by atoms with Crippen LogP contribution in [0.4, 0.5) is 17.1 Å². The maximum Gasteiger partial charge on any atom is 0.337 e. The first-order valence-corrected chi connectivity index (χ1v) is 12.3. The van der Waals surface area contributed by atoms with Crippen LogP contribution in [0.3, 0.4) is 0 Å². The van der Waals surface area contributed by atoms with Gasteiger partial charge in [0.25, 0.3) is 0 Å². The number of esters is 1. The summed E-state index contributed by atoms with van der Waals surface area (Å²) in [7, 11) is 5.33. The highest BCUT2D eigenvalue weighted by Gasteiger charge is 2.36. The number of hydrogen-bond donors (Lipinski definition) is 1. The van der Waals surface area contributed by atoms with Gasteiger partial charge in [0.2, 0.25) is 11.8 Å². The van der Waals surface area contributed by atoms with Crippen LogP contribution in [0.2, 0.25) is 0 Å². The molecule has 1 unspecified atom stereocenters. The molecular formula is C29H31N5O4. The summed E-state index contributed by atoms with van der Waals surface area (Å²) in [6.07, 6.45) is 4.16. The lowest BCUT2D eigenvalue weighted by atomic mass is 9.90. The minimum atomic E-state index is -0.682. The zero-order valence-corrected chi connectivity index (χ0v) is 22.0. The van der Waals surface area contributed by atoms with Crippen LogP contribution >= 0.6 is 0 Å². The average molecular weight is 514 g/mol. The first kappa shape index (κ1) is 26.7. The van der Waals surface area contributed by atoms with E-state index >= 15 is 0 Å². The molecule has 9 heteroatoms. The van der Waals surface area contributed by atoms with Crippen LogP contribution in [0.15, 0.2) is 72.0 Å². The van der Waals surface area contributed by atoms with Crippen LogP contribution in [-0.4, -0.2) is 67.7 Å². The van der Waals surface area contributed by atoms with Crippen LogP contribution in [0.25, 0.3) is 0 Å². The quantitative estimate of drug-likeness (QED) is 0.342. The van der Waals surface area contributed by atoms with Gasteiger partial charge >= 0.3 is 5.97 Å². The summed E-state index contributed by atoms with van der Waals surface area (Å²) in [6, 6.07) is 16.0. The number of fused-ring (bicyclic) bond motifs is 1. The fourth-order valence-corrected chi connectivity index (χ4v) is 4.46. The standard InChI is InChI=1S/C29H31N5O4/c1-19(35)34(17-5-16-33(2)3)23-9-7-22(8-10-23)31-27(20-12-14-30-15-13-20)26-24-11-6-21(29(37)38-4)18-25(24)32-28(26)36/h6-15,18,26H,5,16-17H2,1-4H3,(H,32,36). The van der Waals surface area contributed by atoms with Crippen LogP contribution in [0.1, 0.15) is 40.7 Å². The molecule has 1 aliphatic rings. The smallest absolute Gasteiger partial charge is 0.337 e. The Balaban J connectivity index is 1.69. The van der Waals surface area contributed by atoms with Crippen molar-refractivity contribution in [2.24, 2.45) is 4.99 Å². The third-order valence-corrected chi connectivity index (χ3v) is 6.33. The highest BCUT2D eigenvalue weighted by molar-refractivity contribution is 6.24. The predicted molar refractivity (Wildman–Crippen MR) is 147 cm³/mol. The Hall–Kier alpha value is -4.37. The summed E-state index contributed by atoms with van der Waals surface area (Å²) in [5.74, 6) is -1.42. The number of benzene rings is 2. The van der Waals surface area contributed by atoms with Gasteiger partial charge in [0, 0.05) is 42.8 Å². The summed E-state index contributed by atoms with van der Waals surface area (Å²) >= 11 is 0. The minimum Gasteiger partial charge on any atom is -0.465 e. The second kappa shape index (κ2) is 11.8. The number of methoxy groups -OCH3 is 1. The Labute approximate surface area is 222 Å². The molecule has 0 aliphatic carbocycles. The number of anilines is 2. The van der Waals surface area contributed by atoms with Gasteiger partial charge in [0.05, 0.1) is 24.1 Å². The van der Waals surface area contributed by atoms with E-state index < -0.39 is 11.9 Å². The molecule has 1 N–H and O–H groups in total. The van der Waals surface area contributed by atoms with Crippen molar-refractivity contribution in [3.8, 4) is 0 Å². The number of ether oxygens (including phenoxy) is 1. The van der Waals surface area contributed by atoms with Gasteiger partial charge in [-0.25, -0.2) is 4.79 Å². The molecule has 1 atom stereocenters. The summed E-state index contributed by atoms with van der Waals surface area (Å²) in [6.45, 7) is 3.06. The molecule has 0 saturated carbocycles. The Morgan fingerprint density at radius 3 is 2.34 bits per heavy atom. The summed E-state index contributed by atoms with van der Waals surface area (Å²) in [4.78, 5) is 50.3. The van der Waals surface area contributed by atoms with Crippen molar-refractivity contribution in [3.63, 3.8) is 0 Å². The van der Waals surface area contributed by atoms with E-state index in [-0.39, 0.29) is 11.8 Å². The van der Waals surface area contributed by atoms with E-state index in [2.05, 4.69) is 15.2 Å². The maximum atomic E-state index is 13.2. The van der Waals surface area contributed by atoms with E-state index in [1.54, 1.807) is 42.4 Å². The number of nitrogens with zero attached hydrogens (tertiary/aromatic N) is 4. The number of aliphatic imine (C=N–C) groups is 1. The van der Waals surface area contributed by atoms with E-state index in [9.17, 15) is 14.4 Å². The third kappa shape index (κ3) is 5.95. The van der Waals surface area contributed by atoms with E-state index in [0.29, 0.717) is 29.2 Å². The Morgan fingerprint density at radius 2 is 1.71 bits per heavy atom. The molecule has 1 aliphatic heterocycles.